The highest BCUT2D eigenvalue weighted by Crippen LogP contribution is 2.45. The normalized spacial score (nSPS) is 14.2. The molecule has 0 heterocycles. The van der Waals surface area contributed by atoms with Crippen molar-refractivity contribution in [3.8, 4) is 0 Å². The van der Waals surface area contributed by atoms with Gasteiger partial charge in [-0.1, -0.05) is 279 Å². The zero-order valence-corrected chi connectivity index (χ0v) is 55.8. The summed E-state index contributed by atoms with van der Waals surface area (Å²) in [6.45, 7) is 7.16. The summed E-state index contributed by atoms with van der Waals surface area (Å²) in [5, 5.41) is 10.5. The van der Waals surface area contributed by atoms with Gasteiger partial charge in [0.2, 0.25) is 0 Å². The number of ether oxygens (including phenoxy) is 4. The summed E-state index contributed by atoms with van der Waals surface area (Å²) in [6, 6.07) is 0. The van der Waals surface area contributed by atoms with Gasteiger partial charge in [0.1, 0.15) is 19.3 Å². The molecule has 0 amide bonds. The van der Waals surface area contributed by atoms with E-state index < -0.39 is 97.5 Å². The second kappa shape index (κ2) is 58.7. The summed E-state index contributed by atoms with van der Waals surface area (Å²) >= 11 is 0. The number of unbranched alkanes of at least 4 members (excludes halogenated alkanes) is 37. The minimum absolute atomic E-state index is 0.107. The number of esters is 4. The molecular formula is C65H126O17P2. The van der Waals surface area contributed by atoms with Crippen molar-refractivity contribution in [3.63, 3.8) is 0 Å². The van der Waals surface area contributed by atoms with Crippen molar-refractivity contribution in [3.05, 3.63) is 0 Å². The van der Waals surface area contributed by atoms with Crippen molar-refractivity contribution in [2.75, 3.05) is 39.6 Å². The Labute approximate surface area is 511 Å². The van der Waals surface area contributed by atoms with Crippen molar-refractivity contribution in [2.24, 2.45) is 5.92 Å². The molecule has 3 N–H and O–H groups in total. The van der Waals surface area contributed by atoms with Gasteiger partial charge in [0.05, 0.1) is 26.4 Å². The maximum Gasteiger partial charge on any atom is 0.472 e. The average molecular weight is 1240 g/mol. The third-order valence-electron chi connectivity index (χ3n) is 15.0. The molecule has 0 aromatic rings. The van der Waals surface area contributed by atoms with Gasteiger partial charge >= 0.3 is 39.5 Å². The Bertz CT molecular complexity index is 1640. The molecule has 0 saturated heterocycles. The maximum absolute atomic E-state index is 13.0. The van der Waals surface area contributed by atoms with Crippen molar-refractivity contribution in [1.29, 1.82) is 0 Å². The molecular weight excluding hydrogens is 1110 g/mol. The van der Waals surface area contributed by atoms with Gasteiger partial charge < -0.3 is 33.8 Å². The van der Waals surface area contributed by atoms with Crippen LogP contribution < -0.4 is 0 Å². The fourth-order valence-corrected chi connectivity index (χ4v) is 11.3. The second-order valence-corrected chi connectivity index (χ2v) is 26.9. The summed E-state index contributed by atoms with van der Waals surface area (Å²) in [4.78, 5) is 72.2. The van der Waals surface area contributed by atoms with Crippen LogP contribution in [0.1, 0.15) is 330 Å². The van der Waals surface area contributed by atoms with Gasteiger partial charge in [-0.05, 0) is 31.6 Å². The van der Waals surface area contributed by atoms with Crippen molar-refractivity contribution in [2.45, 2.75) is 348 Å². The molecule has 0 bridgehead atoms. The molecule has 19 heteroatoms. The number of hydrogen-bond donors (Lipinski definition) is 3. The predicted octanol–water partition coefficient (Wildman–Crippen LogP) is 18.2. The van der Waals surface area contributed by atoms with Crippen LogP contribution in [-0.4, -0.2) is 96.7 Å². The van der Waals surface area contributed by atoms with Crippen molar-refractivity contribution < 1.29 is 80.2 Å². The summed E-state index contributed by atoms with van der Waals surface area (Å²) < 4.78 is 68.0. The topological polar surface area (TPSA) is 237 Å². The maximum atomic E-state index is 13.0. The lowest BCUT2D eigenvalue weighted by Gasteiger charge is -2.21. The Kier molecular flexibility index (Phi) is 57.4. The van der Waals surface area contributed by atoms with Gasteiger partial charge in [-0.3, -0.25) is 37.3 Å². The van der Waals surface area contributed by atoms with E-state index in [1.54, 1.807) is 0 Å². The SMILES string of the molecule is CCCCCCCCCCCCCCC(=O)O[C@H](COC(=O)CCCCCCCCCCC(C)C)COP(=O)(O)OC[C@@H](O)COP(=O)(O)OC[C@@H](COC(=O)CCCCCCCCCCCC)OC(=O)CCCCCCCCCCCCC. The minimum atomic E-state index is -4.94. The van der Waals surface area contributed by atoms with E-state index in [2.05, 4.69) is 34.6 Å². The number of carbonyl (C=O) groups excluding carboxylic acids is 4. The lowest BCUT2D eigenvalue weighted by molar-refractivity contribution is -0.161. The van der Waals surface area contributed by atoms with E-state index in [1.807, 2.05) is 0 Å². The Morgan fingerprint density at radius 1 is 0.321 bits per heavy atom. The van der Waals surface area contributed by atoms with E-state index in [-0.39, 0.29) is 25.7 Å². The highest BCUT2D eigenvalue weighted by molar-refractivity contribution is 7.47. The van der Waals surface area contributed by atoms with Gasteiger partial charge in [0.15, 0.2) is 12.2 Å². The standard InChI is InChI=1S/C65H126O17P2/c1-6-9-12-15-18-21-24-26-29-36-41-46-51-65(70)82-61(55-76-63(68)49-44-39-34-31-30-32-37-42-47-58(4)5)57-80-84(73,74)78-53-59(66)52-77-83(71,72)79-56-60(54-75-62(67)48-43-38-33-27-23-20-17-14-11-8-3)81-64(69)50-45-40-35-28-25-22-19-16-13-10-7-2/h58-61,66H,6-57H2,1-5H3,(H,71,72)(H,73,74)/t59-,60+,61+/m0/s1. The van der Waals surface area contributed by atoms with Gasteiger partial charge in [0.25, 0.3) is 0 Å². The first kappa shape index (κ1) is 82.1. The zero-order chi connectivity index (χ0) is 62.0. The van der Waals surface area contributed by atoms with Crippen LogP contribution in [0.2, 0.25) is 0 Å². The number of phosphoric ester groups is 2. The van der Waals surface area contributed by atoms with Gasteiger partial charge in [-0.15, -0.1) is 0 Å². The van der Waals surface area contributed by atoms with Gasteiger partial charge in [0, 0.05) is 25.7 Å². The first-order chi connectivity index (χ1) is 40.5. The number of aliphatic hydroxyl groups excluding tert-OH is 1. The van der Waals surface area contributed by atoms with Crippen LogP contribution in [0.5, 0.6) is 0 Å². The van der Waals surface area contributed by atoms with E-state index in [0.717, 1.165) is 95.8 Å². The summed E-state index contributed by atoms with van der Waals surface area (Å²) in [5.41, 5.74) is 0. The molecule has 0 saturated carbocycles. The smallest absolute Gasteiger partial charge is 0.462 e. The molecule has 0 fully saturated rings. The van der Waals surface area contributed by atoms with E-state index in [4.69, 9.17) is 37.0 Å². The molecule has 0 radical (unpaired) electrons. The summed E-state index contributed by atoms with van der Waals surface area (Å²) in [7, 11) is -9.89. The highest BCUT2D eigenvalue weighted by atomic mass is 31.2. The van der Waals surface area contributed by atoms with Crippen LogP contribution in [0.3, 0.4) is 0 Å². The van der Waals surface area contributed by atoms with E-state index in [9.17, 15) is 43.2 Å². The van der Waals surface area contributed by atoms with Gasteiger partial charge in [-0.2, -0.15) is 0 Å². The molecule has 17 nitrogen and oxygen atoms in total. The molecule has 2 unspecified atom stereocenters. The van der Waals surface area contributed by atoms with E-state index >= 15 is 0 Å². The highest BCUT2D eigenvalue weighted by Gasteiger charge is 2.30. The molecule has 0 rings (SSSR count). The summed E-state index contributed by atoms with van der Waals surface area (Å²) in [5.74, 6) is -1.40. The van der Waals surface area contributed by atoms with Crippen LogP contribution in [-0.2, 0) is 65.4 Å². The Morgan fingerprint density at radius 3 is 0.810 bits per heavy atom. The molecule has 0 aliphatic heterocycles. The molecule has 0 aliphatic carbocycles. The molecule has 5 atom stereocenters. The van der Waals surface area contributed by atoms with Crippen molar-refractivity contribution in [1.82, 2.24) is 0 Å². The minimum Gasteiger partial charge on any atom is -0.462 e. The number of phosphoric acid groups is 2. The molecule has 0 spiro atoms. The summed E-state index contributed by atoms with van der Waals surface area (Å²) in [6.07, 6.45) is 42.9. The van der Waals surface area contributed by atoms with Crippen LogP contribution in [0.15, 0.2) is 0 Å². The third-order valence-corrected chi connectivity index (χ3v) is 16.9. The van der Waals surface area contributed by atoms with Crippen LogP contribution in [0, 0.1) is 5.92 Å². The fraction of sp³-hybridized carbons (Fsp3) is 0.938. The predicted molar refractivity (Wildman–Crippen MR) is 335 cm³/mol. The Morgan fingerprint density at radius 2 is 0.548 bits per heavy atom. The zero-order valence-electron chi connectivity index (χ0n) is 54.0. The van der Waals surface area contributed by atoms with Gasteiger partial charge in [-0.25, -0.2) is 9.13 Å². The number of carbonyl (C=O) groups is 4. The average Bonchev–Trinajstić information content (AvgIpc) is 3.64. The van der Waals surface area contributed by atoms with Crippen LogP contribution in [0.25, 0.3) is 0 Å². The first-order valence-corrected chi connectivity index (χ1v) is 37.1. The van der Waals surface area contributed by atoms with E-state index in [1.165, 1.54) is 154 Å². The van der Waals surface area contributed by atoms with Crippen molar-refractivity contribution >= 4 is 39.5 Å². The lowest BCUT2D eigenvalue weighted by Crippen LogP contribution is -2.30. The molecule has 0 aliphatic rings. The quantitative estimate of drug-likeness (QED) is 0.0222. The molecule has 498 valence electrons. The number of rotatable bonds is 65. The molecule has 0 aromatic heterocycles. The largest absolute Gasteiger partial charge is 0.472 e. The Hall–Kier alpha value is -1.94. The molecule has 84 heavy (non-hydrogen) atoms. The monoisotopic (exact) mass is 1240 g/mol. The number of hydrogen-bond acceptors (Lipinski definition) is 15. The first-order valence-electron chi connectivity index (χ1n) is 34.1. The van der Waals surface area contributed by atoms with E-state index in [0.29, 0.717) is 25.7 Å². The lowest BCUT2D eigenvalue weighted by atomic mass is 10.0. The van der Waals surface area contributed by atoms with Crippen LogP contribution >= 0.6 is 15.6 Å². The van der Waals surface area contributed by atoms with Crippen LogP contribution in [0.4, 0.5) is 0 Å². The third kappa shape index (κ3) is 59.0. The Balaban J connectivity index is 5.24. The molecule has 0 aromatic carbocycles. The fourth-order valence-electron chi connectivity index (χ4n) is 9.76. The number of aliphatic hydroxyl groups is 1. The second-order valence-electron chi connectivity index (χ2n) is 24.0.